The van der Waals surface area contributed by atoms with Gasteiger partial charge in [0.15, 0.2) is 11.8 Å². The van der Waals surface area contributed by atoms with Gasteiger partial charge in [0.1, 0.15) is 5.75 Å². The summed E-state index contributed by atoms with van der Waals surface area (Å²) in [4.78, 5) is 12.4. The monoisotopic (exact) mass is 337 g/mol. The fraction of sp³-hybridized carbons (Fsp3) is 0.211. The predicted octanol–water partition coefficient (Wildman–Crippen LogP) is 3.76. The number of aryl methyl sites for hydroxylation is 1. The lowest BCUT2D eigenvalue weighted by Crippen LogP contribution is -2.30. The molecule has 0 fully saturated rings. The Morgan fingerprint density at radius 1 is 1.08 bits per heavy atom. The number of nitrogens with one attached hydrogen (secondary N) is 1. The van der Waals surface area contributed by atoms with E-state index in [9.17, 15) is 4.79 Å². The van der Waals surface area contributed by atoms with Gasteiger partial charge in [0.25, 0.3) is 5.91 Å². The molecule has 128 valence electrons. The fourth-order valence-electron chi connectivity index (χ4n) is 2.37. The number of hydrogen-bond donors (Lipinski definition) is 1. The summed E-state index contributed by atoms with van der Waals surface area (Å²) in [5, 5.41) is 10.4. The van der Waals surface area contributed by atoms with E-state index in [2.05, 4.69) is 15.6 Å². The summed E-state index contributed by atoms with van der Waals surface area (Å²) in [5.41, 5.74) is 3.41. The molecule has 25 heavy (non-hydrogen) atoms. The van der Waals surface area contributed by atoms with Gasteiger partial charge in [-0.05, 0) is 48.3 Å². The Labute approximate surface area is 145 Å². The van der Waals surface area contributed by atoms with Crippen LogP contribution in [0.1, 0.15) is 18.1 Å². The Kier molecular flexibility index (Phi) is 4.79. The lowest BCUT2D eigenvalue weighted by molar-refractivity contribution is -0.122. The lowest BCUT2D eigenvalue weighted by Gasteiger charge is -2.16. The van der Waals surface area contributed by atoms with E-state index in [1.807, 2.05) is 62.4 Å². The van der Waals surface area contributed by atoms with E-state index in [0.29, 0.717) is 11.4 Å². The van der Waals surface area contributed by atoms with Crippen LogP contribution in [0.15, 0.2) is 53.2 Å². The third-order valence-corrected chi connectivity index (χ3v) is 4.01. The highest BCUT2D eigenvalue weighted by Gasteiger charge is 2.20. The summed E-state index contributed by atoms with van der Waals surface area (Å²) in [7, 11) is 0. The summed E-state index contributed by atoms with van der Waals surface area (Å²) < 4.78 is 10.6. The van der Waals surface area contributed by atoms with Gasteiger partial charge >= 0.3 is 0 Å². The van der Waals surface area contributed by atoms with Gasteiger partial charge in [-0.25, -0.2) is 4.63 Å². The molecule has 0 radical (unpaired) electrons. The van der Waals surface area contributed by atoms with Crippen molar-refractivity contribution in [2.24, 2.45) is 0 Å². The molecular formula is C19H19N3O3. The van der Waals surface area contributed by atoms with Crippen LogP contribution < -0.4 is 10.1 Å². The van der Waals surface area contributed by atoms with Gasteiger partial charge in [0, 0.05) is 5.56 Å². The van der Waals surface area contributed by atoms with Crippen LogP contribution in [0.25, 0.3) is 11.3 Å². The molecule has 0 saturated heterocycles. The minimum absolute atomic E-state index is 0.271. The molecule has 6 heteroatoms. The Bertz CT molecular complexity index is 875. The first kappa shape index (κ1) is 16.7. The van der Waals surface area contributed by atoms with Crippen molar-refractivity contribution in [1.29, 1.82) is 0 Å². The predicted molar refractivity (Wildman–Crippen MR) is 94.4 cm³/mol. The molecule has 1 atom stereocenters. The minimum Gasteiger partial charge on any atom is -0.481 e. The third kappa shape index (κ3) is 3.68. The van der Waals surface area contributed by atoms with Gasteiger partial charge in [-0.1, -0.05) is 42.5 Å². The van der Waals surface area contributed by atoms with Gasteiger partial charge in [-0.2, -0.15) is 0 Å². The summed E-state index contributed by atoms with van der Waals surface area (Å²) in [6.45, 7) is 5.65. The van der Waals surface area contributed by atoms with Gasteiger partial charge < -0.3 is 10.1 Å². The molecule has 3 aromatic rings. The second-order valence-electron chi connectivity index (χ2n) is 5.77. The first-order chi connectivity index (χ1) is 12.1. The molecule has 0 aliphatic heterocycles. The topological polar surface area (TPSA) is 77.2 Å². The zero-order valence-corrected chi connectivity index (χ0v) is 14.3. The second-order valence-corrected chi connectivity index (χ2v) is 5.77. The zero-order valence-electron chi connectivity index (χ0n) is 14.3. The number of anilines is 1. The van der Waals surface area contributed by atoms with E-state index in [1.165, 1.54) is 0 Å². The normalized spacial score (nSPS) is 11.8. The van der Waals surface area contributed by atoms with Crippen LogP contribution in [0.5, 0.6) is 5.75 Å². The van der Waals surface area contributed by atoms with Crippen LogP contribution in [0.3, 0.4) is 0 Å². The number of amides is 1. The maximum atomic E-state index is 12.4. The van der Waals surface area contributed by atoms with Crippen LogP contribution in [-0.4, -0.2) is 22.3 Å². The average Bonchev–Trinajstić information content (AvgIpc) is 3.07. The highest BCUT2D eigenvalue weighted by Crippen LogP contribution is 2.25. The Balaban J connectivity index is 1.73. The van der Waals surface area contributed by atoms with Crippen molar-refractivity contribution in [1.82, 2.24) is 10.3 Å². The number of nitrogens with zero attached hydrogens (tertiary/aromatic N) is 2. The standard InChI is InChI=1S/C19H19N3O3/c1-12-8-7-11-16(13(12)2)24-14(3)19(23)20-18-17(21-25-22-18)15-9-5-4-6-10-15/h4-11,14H,1-3H3,(H,20,22,23)/t14-/m1/s1. The van der Waals surface area contributed by atoms with Gasteiger partial charge in [-0.3, -0.25) is 4.79 Å². The molecule has 3 rings (SSSR count). The summed E-state index contributed by atoms with van der Waals surface area (Å²) in [5.74, 6) is 0.630. The average molecular weight is 337 g/mol. The van der Waals surface area contributed by atoms with Crippen molar-refractivity contribution >= 4 is 11.7 Å². The summed E-state index contributed by atoms with van der Waals surface area (Å²) in [6, 6.07) is 15.1. The molecule has 0 bridgehead atoms. The van der Waals surface area contributed by atoms with Crippen LogP contribution in [0.4, 0.5) is 5.82 Å². The second kappa shape index (κ2) is 7.17. The van der Waals surface area contributed by atoms with E-state index < -0.39 is 6.10 Å². The number of hydrogen-bond acceptors (Lipinski definition) is 5. The van der Waals surface area contributed by atoms with Crippen molar-refractivity contribution in [2.45, 2.75) is 26.9 Å². The Morgan fingerprint density at radius 2 is 1.84 bits per heavy atom. The molecule has 1 N–H and O–H groups in total. The smallest absolute Gasteiger partial charge is 0.266 e. The van der Waals surface area contributed by atoms with Crippen molar-refractivity contribution in [3.05, 3.63) is 59.7 Å². The molecule has 0 spiro atoms. The Morgan fingerprint density at radius 3 is 2.60 bits per heavy atom. The van der Waals surface area contributed by atoms with Crippen LogP contribution in [-0.2, 0) is 4.79 Å². The molecule has 6 nitrogen and oxygen atoms in total. The quantitative estimate of drug-likeness (QED) is 0.767. The first-order valence-corrected chi connectivity index (χ1v) is 7.98. The van der Waals surface area contributed by atoms with Crippen molar-refractivity contribution in [3.63, 3.8) is 0 Å². The fourth-order valence-corrected chi connectivity index (χ4v) is 2.37. The van der Waals surface area contributed by atoms with E-state index in [0.717, 1.165) is 16.7 Å². The largest absolute Gasteiger partial charge is 0.481 e. The van der Waals surface area contributed by atoms with Gasteiger partial charge in [0.2, 0.25) is 5.82 Å². The van der Waals surface area contributed by atoms with E-state index >= 15 is 0 Å². The molecular weight excluding hydrogens is 318 g/mol. The van der Waals surface area contributed by atoms with Crippen LogP contribution in [0, 0.1) is 13.8 Å². The van der Waals surface area contributed by atoms with E-state index in [-0.39, 0.29) is 11.7 Å². The molecule has 1 amide bonds. The summed E-state index contributed by atoms with van der Waals surface area (Å²) in [6.07, 6.45) is -0.694. The molecule has 0 aliphatic carbocycles. The third-order valence-electron chi connectivity index (χ3n) is 4.01. The molecule has 1 heterocycles. The SMILES string of the molecule is Cc1cccc(O[C@H](C)C(=O)Nc2nonc2-c2ccccc2)c1C. The number of ether oxygens (including phenoxy) is 1. The molecule has 1 aromatic heterocycles. The lowest BCUT2D eigenvalue weighted by atomic mass is 10.1. The summed E-state index contributed by atoms with van der Waals surface area (Å²) >= 11 is 0. The molecule has 0 unspecified atom stereocenters. The van der Waals surface area contributed by atoms with Crippen LogP contribution >= 0.6 is 0 Å². The van der Waals surface area contributed by atoms with Crippen LogP contribution in [0.2, 0.25) is 0 Å². The maximum absolute atomic E-state index is 12.4. The van der Waals surface area contributed by atoms with Crippen molar-refractivity contribution in [3.8, 4) is 17.0 Å². The molecule has 0 aliphatic rings. The number of carbonyl (C=O) groups is 1. The number of rotatable bonds is 5. The highest BCUT2D eigenvalue weighted by molar-refractivity contribution is 5.95. The molecule has 0 saturated carbocycles. The zero-order chi connectivity index (χ0) is 17.8. The maximum Gasteiger partial charge on any atom is 0.266 e. The number of aromatic nitrogens is 2. The van der Waals surface area contributed by atoms with E-state index in [4.69, 9.17) is 9.37 Å². The first-order valence-electron chi connectivity index (χ1n) is 7.98. The minimum atomic E-state index is -0.694. The number of carbonyl (C=O) groups excluding carboxylic acids is 1. The van der Waals surface area contributed by atoms with Gasteiger partial charge in [-0.15, -0.1) is 0 Å². The van der Waals surface area contributed by atoms with Gasteiger partial charge in [0.05, 0.1) is 0 Å². The highest BCUT2D eigenvalue weighted by atomic mass is 16.6. The Hall–Kier alpha value is -3.15. The molecule has 2 aromatic carbocycles. The number of benzene rings is 2. The van der Waals surface area contributed by atoms with E-state index in [1.54, 1.807) is 6.92 Å². The van der Waals surface area contributed by atoms with Crippen molar-refractivity contribution in [2.75, 3.05) is 5.32 Å². The van der Waals surface area contributed by atoms with Crippen molar-refractivity contribution < 1.29 is 14.2 Å².